The molecule has 0 spiro atoms. The maximum atomic E-state index is 12.1. The number of carbonyl (C=O) groups is 1. The van der Waals surface area contributed by atoms with E-state index in [9.17, 15) is 9.59 Å². The lowest BCUT2D eigenvalue weighted by atomic mass is 10.2. The van der Waals surface area contributed by atoms with Crippen LogP contribution in [0, 0.1) is 6.92 Å². The van der Waals surface area contributed by atoms with Crippen molar-refractivity contribution < 1.29 is 4.79 Å². The van der Waals surface area contributed by atoms with Gasteiger partial charge in [-0.25, -0.2) is 0 Å². The predicted molar refractivity (Wildman–Crippen MR) is 83.1 cm³/mol. The molecule has 6 heteroatoms. The third-order valence-corrected chi connectivity index (χ3v) is 4.30. The third kappa shape index (κ3) is 2.95. The summed E-state index contributed by atoms with van der Waals surface area (Å²) in [4.78, 5) is 29.2. The molecule has 21 heavy (non-hydrogen) atoms. The highest BCUT2D eigenvalue weighted by atomic mass is 32.1. The predicted octanol–water partition coefficient (Wildman–Crippen LogP) is 0.661. The number of aryl methyl sites for hydroxylation is 1. The largest absolute Gasteiger partial charge is 0.322 e. The summed E-state index contributed by atoms with van der Waals surface area (Å²) in [5.74, 6) is -0.296. The maximum Gasteiger partial charge on any atom is 0.270 e. The SMILES string of the molecule is Cc1ccc(NC(=O)/C=c2/sc3n(c2=O)CCCN=3)cc1. The number of aromatic nitrogens is 1. The first-order valence-corrected chi connectivity index (χ1v) is 7.58. The average molecular weight is 301 g/mol. The van der Waals surface area contributed by atoms with Gasteiger partial charge in [0, 0.05) is 24.9 Å². The summed E-state index contributed by atoms with van der Waals surface area (Å²) in [6.07, 6.45) is 2.23. The van der Waals surface area contributed by atoms with Crippen molar-refractivity contribution in [3.8, 4) is 0 Å². The first-order chi connectivity index (χ1) is 10.1. The second-order valence-corrected chi connectivity index (χ2v) is 5.95. The van der Waals surface area contributed by atoms with E-state index < -0.39 is 0 Å². The smallest absolute Gasteiger partial charge is 0.270 e. The molecule has 2 heterocycles. The number of nitrogens with zero attached hydrogens (tertiary/aromatic N) is 2. The zero-order valence-corrected chi connectivity index (χ0v) is 12.4. The first-order valence-electron chi connectivity index (χ1n) is 6.77. The van der Waals surface area contributed by atoms with Crippen LogP contribution in [-0.2, 0) is 11.3 Å². The van der Waals surface area contributed by atoms with Crippen LogP contribution in [0.25, 0.3) is 6.08 Å². The molecule has 1 aromatic heterocycles. The summed E-state index contributed by atoms with van der Waals surface area (Å²) in [5.41, 5.74) is 1.72. The average Bonchev–Trinajstić information content (AvgIpc) is 2.78. The molecule has 0 unspecified atom stereocenters. The van der Waals surface area contributed by atoms with Crippen molar-refractivity contribution in [1.82, 2.24) is 4.57 Å². The molecule has 108 valence electrons. The van der Waals surface area contributed by atoms with Gasteiger partial charge in [0.05, 0.1) is 0 Å². The Labute approximate surface area is 125 Å². The van der Waals surface area contributed by atoms with Crippen LogP contribution in [0.15, 0.2) is 34.1 Å². The topological polar surface area (TPSA) is 63.5 Å². The van der Waals surface area contributed by atoms with Crippen molar-refractivity contribution in [3.05, 3.63) is 49.5 Å². The number of carbonyl (C=O) groups excluding carboxylic acids is 1. The van der Waals surface area contributed by atoms with Gasteiger partial charge in [0.1, 0.15) is 4.53 Å². The number of thiazole rings is 1. The fourth-order valence-electron chi connectivity index (χ4n) is 2.16. The number of nitrogens with one attached hydrogen (secondary N) is 1. The van der Waals surface area contributed by atoms with E-state index in [0.717, 1.165) is 18.5 Å². The van der Waals surface area contributed by atoms with Gasteiger partial charge in [-0.3, -0.25) is 19.1 Å². The normalized spacial score (nSPS) is 14.4. The minimum atomic E-state index is -0.296. The second-order valence-electron chi connectivity index (χ2n) is 4.94. The Morgan fingerprint density at radius 2 is 2.14 bits per heavy atom. The highest BCUT2D eigenvalue weighted by molar-refractivity contribution is 7.07. The molecule has 3 rings (SSSR count). The Morgan fingerprint density at radius 3 is 2.86 bits per heavy atom. The van der Waals surface area contributed by atoms with Gasteiger partial charge in [-0.1, -0.05) is 29.0 Å². The monoisotopic (exact) mass is 301 g/mol. The molecule has 0 fully saturated rings. The Kier molecular flexibility index (Phi) is 3.70. The number of amides is 1. The van der Waals surface area contributed by atoms with Gasteiger partial charge in [0.25, 0.3) is 5.56 Å². The molecule has 1 amide bonds. The summed E-state index contributed by atoms with van der Waals surface area (Å²) in [6.45, 7) is 3.41. The molecule has 5 nitrogen and oxygen atoms in total. The van der Waals surface area contributed by atoms with E-state index in [1.807, 2.05) is 31.2 Å². The molecule has 1 aromatic carbocycles. The Bertz CT molecular complexity index is 847. The van der Waals surface area contributed by atoms with Crippen molar-refractivity contribution in [3.63, 3.8) is 0 Å². The minimum Gasteiger partial charge on any atom is -0.322 e. The van der Waals surface area contributed by atoms with Crippen molar-refractivity contribution in [1.29, 1.82) is 0 Å². The Morgan fingerprint density at radius 1 is 1.38 bits per heavy atom. The van der Waals surface area contributed by atoms with E-state index >= 15 is 0 Å². The molecule has 0 atom stereocenters. The Balaban J connectivity index is 1.88. The van der Waals surface area contributed by atoms with Gasteiger partial charge in [-0.05, 0) is 25.5 Å². The van der Waals surface area contributed by atoms with Crippen LogP contribution in [-0.4, -0.2) is 17.0 Å². The molecular formula is C15H15N3O2S. The van der Waals surface area contributed by atoms with Crippen molar-refractivity contribution in [2.45, 2.75) is 19.9 Å². The number of benzene rings is 1. The van der Waals surface area contributed by atoms with Gasteiger partial charge in [0.15, 0.2) is 4.80 Å². The highest BCUT2D eigenvalue weighted by Gasteiger charge is 2.09. The van der Waals surface area contributed by atoms with Crippen LogP contribution in [0.3, 0.4) is 0 Å². The van der Waals surface area contributed by atoms with E-state index in [1.54, 1.807) is 4.57 Å². The van der Waals surface area contributed by atoms with Crippen LogP contribution in [0.4, 0.5) is 5.69 Å². The summed E-state index contributed by atoms with van der Waals surface area (Å²) < 4.78 is 2.07. The van der Waals surface area contributed by atoms with Gasteiger partial charge in [-0.15, -0.1) is 0 Å². The van der Waals surface area contributed by atoms with Crippen molar-refractivity contribution >= 4 is 29.0 Å². The molecule has 0 radical (unpaired) electrons. The molecule has 1 aliphatic rings. The van der Waals surface area contributed by atoms with Crippen molar-refractivity contribution in [2.75, 3.05) is 11.9 Å². The Hall–Kier alpha value is -2.21. The summed E-state index contributed by atoms with van der Waals surface area (Å²) in [6, 6.07) is 7.52. The highest BCUT2D eigenvalue weighted by Crippen LogP contribution is 2.08. The zero-order chi connectivity index (χ0) is 14.8. The summed E-state index contributed by atoms with van der Waals surface area (Å²) in [5, 5.41) is 2.76. The van der Waals surface area contributed by atoms with Gasteiger partial charge < -0.3 is 5.32 Å². The first kappa shape index (κ1) is 13.8. The number of hydrogen-bond acceptors (Lipinski definition) is 4. The third-order valence-electron chi connectivity index (χ3n) is 3.26. The van der Waals surface area contributed by atoms with E-state index in [4.69, 9.17) is 0 Å². The fraction of sp³-hybridized carbons (Fsp3) is 0.267. The quantitative estimate of drug-likeness (QED) is 0.886. The number of rotatable bonds is 2. The fourth-order valence-corrected chi connectivity index (χ4v) is 3.16. The molecule has 0 saturated carbocycles. The standard InChI is InChI=1S/C15H15N3O2S/c1-10-3-5-11(6-4-10)17-13(19)9-12-14(20)18-8-2-7-16-15(18)21-12/h3-6,9H,2,7-8H2,1H3,(H,17,19)/b12-9+. The number of anilines is 1. The van der Waals surface area contributed by atoms with Crippen LogP contribution < -0.4 is 20.2 Å². The van der Waals surface area contributed by atoms with E-state index in [-0.39, 0.29) is 11.5 Å². The van der Waals surface area contributed by atoms with E-state index in [2.05, 4.69) is 10.3 Å². The lowest BCUT2D eigenvalue weighted by molar-refractivity contribution is -0.110. The number of fused-ring (bicyclic) bond motifs is 1. The van der Waals surface area contributed by atoms with Gasteiger partial charge in [0.2, 0.25) is 5.91 Å². The van der Waals surface area contributed by atoms with Crippen LogP contribution in [0.2, 0.25) is 0 Å². The van der Waals surface area contributed by atoms with Gasteiger partial charge in [-0.2, -0.15) is 0 Å². The van der Waals surface area contributed by atoms with Gasteiger partial charge >= 0.3 is 0 Å². The second kappa shape index (κ2) is 5.65. The molecule has 1 aliphatic heterocycles. The molecule has 1 N–H and O–H groups in total. The van der Waals surface area contributed by atoms with Crippen LogP contribution in [0.1, 0.15) is 12.0 Å². The lowest BCUT2D eigenvalue weighted by Gasteiger charge is -2.03. The van der Waals surface area contributed by atoms with Crippen molar-refractivity contribution in [2.24, 2.45) is 4.99 Å². The van der Waals surface area contributed by atoms with Crippen LogP contribution in [0.5, 0.6) is 0 Å². The summed E-state index contributed by atoms with van der Waals surface area (Å²) >= 11 is 1.27. The zero-order valence-electron chi connectivity index (χ0n) is 11.6. The number of hydrogen-bond donors (Lipinski definition) is 1. The summed E-state index contributed by atoms with van der Waals surface area (Å²) in [7, 11) is 0. The minimum absolute atomic E-state index is 0.127. The lowest BCUT2D eigenvalue weighted by Crippen LogP contribution is -2.34. The van der Waals surface area contributed by atoms with E-state index in [1.165, 1.54) is 17.4 Å². The molecular weight excluding hydrogens is 286 g/mol. The molecule has 0 aliphatic carbocycles. The molecule has 2 aromatic rings. The molecule has 0 saturated heterocycles. The van der Waals surface area contributed by atoms with Crippen LogP contribution >= 0.6 is 11.3 Å². The molecule has 0 bridgehead atoms. The maximum absolute atomic E-state index is 12.1. The van der Waals surface area contributed by atoms with E-state index in [0.29, 0.717) is 21.6 Å².